The summed E-state index contributed by atoms with van der Waals surface area (Å²) in [5, 5.41) is 10.1. The minimum atomic E-state index is -0.727. The van der Waals surface area contributed by atoms with Crippen molar-refractivity contribution in [1.82, 2.24) is 0 Å². The van der Waals surface area contributed by atoms with Crippen molar-refractivity contribution in [2.45, 2.75) is 36.2 Å². The van der Waals surface area contributed by atoms with Gasteiger partial charge in [0.2, 0.25) is 0 Å². The van der Waals surface area contributed by atoms with Crippen LogP contribution < -0.4 is 0 Å². The molecule has 0 bridgehead atoms. The van der Waals surface area contributed by atoms with Crippen LogP contribution in [0, 0.1) is 11.8 Å². The molecule has 1 aliphatic carbocycles. The Bertz CT molecular complexity index is 422. The maximum absolute atomic E-state index is 10.1. The van der Waals surface area contributed by atoms with Crippen molar-refractivity contribution in [2.75, 3.05) is 6.26 Å². The number of rotatable bonds is 1. The predicted octanol–water partition coefficient (Wildman–Crippen LogP) is 3.07. The van der Waals surface area contributed by atoms with Crippen molar-refractivity contribution in [2.24, 2.45) is 0 Å². The highest BCUT2D eigenvalue weighted by Crippen LogP contribution is 2.28. The molecule has 0 aromatic heterocycles. The van der Waals surface area contributed by atoms with Crippen LogP contribution in [-0.4, -0.2) is 17.0 Å². The van der Waals surface area contributed by atoms with Gasteiger partial charge in [0, 0.05) is 10.5 Å². The summed E-state index contributed by atoms with van der Waals surface area (Å²) < 4.78 is 0. The van der Waals surface area contributed by atoms with Crippen LogP contribution in [0.2, 0.25) is 0 Å². The molecular weight excluding hydrogens is 216 g/mol. The van der Waals surface area contributed by atoms with E-state index in [9.17, 15) is 5.11 Å². The SMILES string of the molecule is CSc1cccc(C#CC2(O)CCCC2)c1. The summed E-state index contributed by atoms with van der Waals surface area (Å²) >= 11 is 1.71. The highest BCUT2D eigenvalue weighted by molar-refractivity contribution is 7.98. The zero-order valence-corrected chi connectivity index (χ0v) is 10.3. The number of benzene rings is 1. The van der Waals surface area contributed by atoms with Gasteiger partial charge in [0.05, 0.1) is 0 Å². The molecule has 1 saturated carbocycles. The summed E-state index contributed by atoms with van der Waals surface area (Å²) in [5.74, 6) is 6.11. The lowest BCUT2D eigenvalue weighted by molar-refractivity contribution is 0.110. The lowest BCUT2D eigenvalue weighted by Crippen LogP contribution is -2.20. The first kappa shape index (κ1) is 11.6. The smallest absolute Gasteiger partial charge is 0.125 e. The molecule has 1 aromatic carbocycles. The standard InChI is InChI=1S/C14H16OS/c1-16-13-6-4-5-12(11-13)7-10-14(15)8-2-3-9-14/h4-6,11,15H,2-3,8-9H2,1H3. The molecular formula is C14H16OS. The fourth-order valence-corrected chi connectivity index (χ4v) is 2.43. The molecule has 0 aliphatic heterocycles. The minimum absolute atomic E-state index is 0.727. The molecule has 1 aliphatic rings. The van der Waals surface area contributed by atoms with Gasteiger partial charge in [-0.15, -0.1) is 11.8 Å². The third-order valence-electron chi connectivity index (χ3n) is 2.94. The van der Waals surface area contributed by atoms with E-state index in [1.54, 1.807) is 11.8 Å². The van der Waals surface area contributed by atoms with Gasteiger partial charge in [-0.25, -0.2) is 0 Å². The van der Waals surface area contributed by atoms with Crippen molar-refractivity contribution < 1.29 is 5.11 Å². The van der Waals surface area contributed by atoms with E-state index >= 15 is 0 Å². The minimum Gasteiger partial charge on any atom is -0.378 e. The second-order valence-corrected chi connectivity index (χ2v) is 5.10. The molecule has 0 amide bonds. The first-order valence-corrected chi connectivity index (χ1v) is 6.84. The Morgan fingerprint density at radius 2 is 2.06 bits per heavy atom. The van der Waals surface area contributed by atoms with Gasteiger partial charge in [-0.05, 0) is 50.1 Å². The van der Waals surface area contributed by atoms with Gasteiger partial charge >= 0.3 is 0 Å². The normalized spacial score (nSPS) is 17.9. The topological polar surface area (TPSA) is 20.2 Å². The molecule has 84 valence electrons. The van der Waals surface area contributed by atoms with E-state index in [1.807, 2.05) is 12.1 Å². The van der Waals surface area contributed by atoms with Gasteiger partial charge in [-0.2, -0.15) is 0 Å². The Morgan fingerprint density at radius 1 is 1.31 bits per heavy atom. The maximum atomic E-state index is 10.1. The Kier molecular flexibility index (Phi) is 3.58. The Labute approximate surface area is 101 Å². The van der Waals surface area contributed by atoms with E-state index in [0.29, 0.717) is 0 Å². The molecule has 0 unspecified atom stereocenters. The number of hydrogen-bond donors (Lipinski definition) is 1. The fourth-order valence-electron chi connectivity index (χ4n) is 1.97. The van der Waals surface area contributed by atoms with Crippen molar-refractivity contribution in [1.29, 1.82) is 0 Å². The van der Waals surface area contributed by atoms with Gasteiger partial charge in [0.25, 0.3) is 0 Å². The van der Waals surface area contributed by atoms with E-state index in [4.69, 9.17) is 0 Å². The van der Waals surface area contributed by atoms with Crippen LogP contribution in [0.25, 0.3) is 0 Å². The van der Waals surface area contributed by atoms with Crippen molar-refractivity contribution in [3.63, 3.8) is 0 Å². The quantitative estimate of drug-likeness (QED) is 0.593. The zero-order chi connectivity index (χ0) is 11.4. The molecule has 1 N–H and O–H groups in total. The molecule has 1 nitrogen and oxygen atoms in total. The highest BCUT2D eigenvalue weighted by atomic mass is 32.2. The monoisotopic (exact) mass is 232 g/mol. The van der Waals surface area contributed by atoms with Gasteiger partial charge in [0.1, 0.15) is 5.60 Å². The molecule has 0 atom stereocenters. The summed E-state index contributed by atoms with van der Waals surface area (Å²) in [6.45, 7) is 0. The lowest BCUT2D eigenvalue weighted by Gasteiger charge is -2.12. The fraction of sp³-hybridized carbons (Fsp3) is 0.429. The Balaban J connectivity index is 2.16. The maximum Gasteiger partial charge on any atom is 0.125 e. The average molecular weight is 232 g/mol. The molecule has 0 radical (unpaired) electrons. The van der Waals surface area contributed by atoms with Crippen LogP contribution in [-0.2, 0) is 0 Å². The van der Waals surface area contributed by atoms with Crippen LogP contribution in [0.1, 0.15) is 31.2 Å². The molecule has 1 aromatic rings. The number of hydrogen-bond acceptors (Lipinski definition) is 2. The third-order valence-corrected chi connectivity index (χ3v) is 3.67. The molecule has 2 rings (SSSR count). The van der Waals surface area contributed by atoms with Crippen molar-refractivity contribution in [3.05, 3.63) is 29.8 Å². The molecule has 0 heterocycles. The summed E-state index contributed by atoms with van der Waals surface area (Å²) in [7, 11) is 0. The molecule has 16 heavy (non-hydrogen) atoms. The second-order valence-electron chi connectivity index (χ2n) is 4.22. The van der Waals surface area contributed by atoms with Gasteiger partial charge in [-0.3, -0.25) is 0 Å². The van der Waals surface area contributed by atoms with E-state index in [-0.39, 0.29) is 0 Å². The van der Waals surface area contributed by atoms with Crippen LogP contribution in [0.15, 0.2) is 29.2 Å². The predicted molar refractivity (Wildman–Crippen MR) is 68.5 cm³/mol. The third kappa shape index (κ3) is 2.81. The average Bonchev–Trinajstić information content (AvgIpc) is 2.75. The molecule has 0 saturated heterocycles. The summed E-state index contributed by atoms with van der Waals surface area (Å²) in [6, 6.07) is 8.13. The van der Waals surface area contributed by atoms with Crippen LogP contribution in [0.4, 0.5) is 0 Å². The Hall–Kier alpha value is -0.910. The summed E-state index contributed by atoms with van der Waals surface area (Å²) in [6.07, 6.45) is 5.88. The first-order chi connectivity index (χ1) is 7.72. The highest BCUT2D eigenvalue weighted by Gasteiger charge is 2.28. The molecule has 0 spiro atoms. The Morgan fingerprint density at radius 3 is 2.75 bits per heavy atom. The first-order valence-electron chi connectivity index (χ1n) is 5.61. The lowest BCUT2D eigenvalue weighted by atomic mass is 10.0. The van der Waals surface area contributed by atoms with Gasteiger partial charge in [0.15, 0.2) is 0 Å². The largest absolute Gasteiger partial charge is 0.378 e. The summed E-state index contributed by atoms with van der Waals surface area (Å²) in [4.78, 5) is 1.21. The van der Waals surface area contributed by atoms with Crippen LogP contribution >= 0.6 is 11.8 Å². The van der Waals surface area contributed by atoms with Crippen molar-refractivity contribution in [3.8, 4) is 11.8 Å². The van der Waals surface area contributed by atoms with E-state index in [2.05, 4.69) is 30.2 Å². The van der Waals surface area contributed by atoms with Crippen molar-refractivity contribution >= 4 is 11.8 Å². The van der Waals surface area contributed by atoms with E-state index in [0.717, 1.165) is 31.2 Å². The number of aliphatic hydroxyl groups is 1. The van der Waals surface area contributed by atoms with Crippen LogP contribution in [0.5, 0.6) is 0 Å². The van der Waals surface area contributed by atoms with Gasteiger partial charge < -0.3 is 5.11 Å². The van der Waals surface area contributed by atoms with E-state index < -0.39 is 5.60 Å². The van der Waals surface area contributed by atoms with Gasteiger partial charge in [-0.1, -0.05) is 17.9 Å². The van der Waals surface area contributed by atoms with E-state index in [1.165, 1.54) is 4.90 Å². The molecule has 1 fully saturated rings. The summed E-state index contributed by atoms with van der Waals surface area (Å²) in [5.41, 5.74) is 0.266. The van der Waals surface area contributed by atoms with Crippen LogP contribution in [0.3, 0.4) is 0 Å². The second kappa shape index (κ2) is 4.95. The number of thioether (sulfide) groups is 1. The zero-order valence-electron chi connectivity index (χ0n) is 9.49. The molecule has 2 heteroatoms.